The van der Waals surface area contributed by atoms with Crippen LogP contribution in [0.25, 0.3) is 0 Å². The minimum atomic E-state index is -4.03. The lowest BCUT2D eigenvalue weighted by Gasteiger charge is -2.13. The first kappa shape index (κ1) is 16.6. The zero-order valence-electron chi connectivity index (χ0n) is 10.8. The van der Waals surface area contributed by atoms with Gasteiger partial charge in [-0.1, -0.05) is 11.6 Å². The van der Waals surface area contributed by atoms with E-state index in [0.29, 0.717) is 0 Å². The molecule has 1 atom stereocenters. The van der Waals surface area contributed by atoms with E-state index in [1.54, 1.807) is 0 Å². The number of hydrogen-bond donors (Lipinski definition) is 2. The lowest BCUT2D eigenvalue weighted by molar-refractivity contribution is 0.559. The highest BCUT2D eigenvalue weighted by atomic mass is 35.5. The topological polar surface area (TPSA) is 106 Å². The molecule has 0 radical (unpaired) electrons. The van der Waals surface area contributed by atoms with Gasteiger partial charge in [-0.15, -0.1) is 0 Å². The van der Waals surface area contributed by atoms with Crippen LogP contribution in [0.4, 0.5) is 4.39 Å². The standard InChI is InChI=1S/C11H14ClFN2O4S2/c12-11-7(5-14)3-9(4-10(11)13)21(18,19)15-8-1-2-20(16,17)6-8/h3-4,8,15H,1-2,5-6,14H2. The average molecular weight is 357 g/mol. The van der Waals surface area contributed by atoms with Gasteiger partial charge < -0.3 is 5.73 Å². The fourth-order valence-corrected chi connectivity index (χ4v) is 5.39. The predicted octanol–water partition coefficient (Wildman–Crippen LogP) is 0.403. The average Bonchev–Trinajstić information content (AvgIpc) is 2.70. The van der Waals surface area contributed by atoms with Gasteiger partial charge in [0.05, 0.1) is 21.4 Å². The summed E-state index contributed by atoms with van der Waals surface area (Å²) in [5.41, 5.74) is 5.55. The molecule has 0 spiro atoms. The Labute approximate surface area is 127 Å². The number of halogens is 2. The van der Waals surface area contributed by atoms with Gasteiger partial charge in [-0.05, 0) is 24.1 Å². The van der Waals surface area contributed by atoms with Crippen LogP contribution in [0.5, 0.6) is 0 Å². The number of hydrogen-bond acceptors (Lipinski definition) is 5. The van der Waals surface area contributed by atoms with Gasteiger partial charge in [0, 0.05) is 12.6 Å². The lowest BCUT2D eigenvalue weighted by Crippen LogP contribution is -2.35. The van der Waals surface area contributed by atoms with Gasteiger partial charge >= 0.3 is 0 Å². The molecule has 0 saturated carbocycles. The van der Waals surface area contributed by atoms with Crippen LogP contribution < -0.4 is 10.5 Å². The molecule has 0 aliphatic carbocycles. The number of benzene rings is 1. The van der Waals surface area contributed by atoms with Gasteiger partial charge in [0.1, 0.15) is 5.82 Å². The van der Waals surface area contributed by atoms with Crippen molar-refractivity contribution in [2.24, 2.45) is 5.73 Å². The molecule has 0 bridgehead atoms. The fraction of sp³-hybridized carbons (Fsp3) is 0.455. The van der Waals surface area contributed by atoms with E-state index in [9.17, 15) is 21.2 Å². The van der Waals surface area contributed by atoms with Crippen molar-refractivity contribution in [1.82, 2.24) is 4.72 Å². The van der Waals surface area contributed by atoms with Crippen LogP contribution in [0.2, 0.25) is 5.02 Å². The summed E-state index contributed by atoms with van der Waals surface area (Å²) >= 11 is 5.67. The smallest absolute Gasteiger partial charge is 0.240 e. The molecule has 1 saturated heterocycles. The number of sulfone groups is 1. The Morgan fingerprint density at radius 1 is 1.43 bits per heavy atom. The van der Waals surface area contributed by atoms with Crippen LogP contribution in [0, 0.1) is 5.82 Å². The second-order valence-electron chi connectivity index (χ2n) is 4.80. The first-order chi connectivity index (χ1) is 9.64. The molecule has 1 aliphatic heterocycles. The maximum absolute atomic E-state index is 13.6. The van der Waals surface area contributed by atoms with Crippen LogP contribution in [0.15, 0.2) is 17.0 Å². The first-order valence-electron chi connectivity index (χ1n) is 6.05. The molecular weight excluding hydrogens is 343 g/mol. The Morgan fingerprint density at radius 2 is 2.10 bits per heavy atom. The Bertz CT molecular complexity index is 765. The van der Waals surface area contributed by atoms with Crippen molar-refractivity contribution in [3.05, 3.63) is 28.5 Å². The molecule has 1 aromatic rings. The summed E-state index contributed by atoms with van der Waals surface area (Å²) in [5, 5.41) is -0.222. The van der Waals surface area contributed by atoms with Gasteiger partial charge in [-0.2, -0.15) is 0 Å². The molecule has 1 heterocycles. The molecule has 21 heavy (non-hydrogen) atoms. The van der Waals surface area contributed by atoms with E-state index >= 15 is 0 Å². The second kappa shape index (κ2) is 5.81. The number of nitrogens with one attached hydrogen (secondary N) is 1. The van der Waals surface area contributed by atoms with Crippen molar-refractivity contribution in [2.75, 3.05) is 11.5 Å². The summed E-state index contributed by atoms with van der Waals surface area (Å²) in [7, 11) is -7.25. The van der Waals surface area contributed by atoms with E-state index < -0.39 is 31.7 Å². The molecule has 1 fully saturated rings. The summed E-state index contributed by atoms with van der Waals surface area (Å²) in [6, 6.07) is 1.25. The zero-order valence-corrected chi connectivity index (χ0v) is 13.2. The highest BCUT2D eigenvalue weighted by Crippen LogP contribution is 2.25. The zero-order chi connectivity index (χ0) is 15.8. The Kier molecular flexibility index (Phi) is 4.60. The lowest BCUT2D eigenvalue weighted by atomic mass is 10.2. The van der Waals surface area contributed by atoms with Crippen molar-refractivity contribution < 1.29 is 21.2 Å². The number of nitrogens with two attached hydrogens (primary N) is 1. The molecule has 118 valence electrons. The maximum Gasteiger partial charge on any atom is 0.240 e. The van der Waals surface area contributed by atoms with Crippen molar-refractivity contribution in [2.45, 2.75) is 23.9 Å². The van der Waals surface area contributed by atoms with E-state index in [1.807, 2.05) is 0 Å². The summed E-state index contributed by atoms with van der Waals surface area (Å²) in [6.45, 7) is -0.114. The molecule has 0 aromatic heterocycles. The van der Waals surface area contributed by atoms with Crippen molar-refractivity contribution in [1.29, 1.82) is 0 Å². The van der Waals surface area contributed by atoms with Crippen LogP contribution in [0.3, 0.4) is 0 Å². The van der Waals surface area contributed by atoms with E-state index in [1.165, 1.54) is 6.07 Å². The molecule has 1 unspecified atom stereocenters. The minimum Gasteiger partial charge on any atom is -0.326 e. The number of sulfonamides is 1. The van der Waals surface area contributed by atoms with E-state index in [-0.39, 0.29) is 40.0 Å². The monoisotopic (exact) mass is 356 g/mol. The molecule has 3 N–H and O–H groups in total. The van der Waals surface area contributed by atoms with E-state index in [0.717, 1.165) is 6.07 Å². The molecule has 10 heteroatoms. The molecule has 0 amide bonds. The van der Waals surface area contributed by atoms with Gasteiger partial charge in [-0.3, -0.25) is 0 Å². The van der Waals surface area contributed by atoms with Crippen molar-refractivity contribution >= 4 is 31.5 Å². The summed E-state index contributed by atoms with van der Waals surface area (Å²) in [6.07, 6.45) is 0.196. The quantitative estimate of drug-likeness (QED) is 0.812. The first-order valence-corrected chi connectivity index (χ1v) is 9.73. The van der Waals surface area contributed by atoms with Gasteiger partial charge in [0.2, 0.25) is 10.0 Å². The van der Waals surface area contributed by atoms with Crippen LogP contribution >= 0.6 is 11.6 Å². The third kappa shape index (κ3) is 3.72. The van der Waals surface area contributed by atoms with Crippen molar-refractivity contribution in [3.63, 3.8) is 0 Å². The Hall–Kier alpha value is -0.740. The molecule has 6 nitrogen and oxygen atoms in total. The Morgan fingerprint density at radius 3 is 2.62 bits per heavy atom. The maximum atomic E-state index is 13.6. The molecule has 2 rings (SSSR count). The molecule has 1 aliphatic rings. The SMILES string of the molecule is NCc1cc(S(=O)(=O)NC2CCS(=O)(=O)C2)cc(F)c1Cl. The van der Waals surface area contributed by atoms with Crippen LogP contribution in [0.1, 0.15) is 12.0 Å². The normalized spacial score (nSPS) is 21.6. The second-order valence-corrected chi connectivity index (χ2v) is 9.12. The Balaban J connectivity index is 2.30. The van der Waals surface area contributed by atoms with E-state index in [4.69, 9.17) is 17.3 Å². The predicted molar refractivity (Wildman–Crippen MR) is 76.7 cm³/mol. The minimum absolute atomic E-state index is 0.0663. The summed E-state index contributed by atoms with van der Waals surface area (Å²) in [4.78, 5) is -0.325. The summed E-state index contributed by atoms with van der Waals surface area (Å²) in [5.74, 6) is -1.21. The highest BCUT2D eigenvalue weighted by Gasteiger charge is 2.31. The highest BCUT2D eigenvalue weighted by molar-refractivity contribution is 7.92. The molecular formula is C11H14ClFN2O4S2. The van der Waals surface area contributed by atoms with Crippen LogP contribution in [-0.2, 0) is 26.4 Å². The largest absolute Gasteiger partial charge is 0.326 e. The summed E-state index contributed by atoms with van der Waals surface area (Å²) < 4.78 is 62.9. The van der Waals surface area contributed by atoms with Gasteiger partial charge in [0.15, 0.2) is 9.84 Å². The van der Waals surface area contributed by atoms with Gasteiger partial charge in [0.25, 0.3) is 0 Å². The van der Waals surface area contributed by atoms with Gasteiger partial charge in [-0.25, -0.2) is 25.9 Å². The number of rotatable bonds is 4. The van der Waals surface area contributed by atoms with Crippen LogP contribution in [-0.4, -0.2) is 34.4 Å². The third-order valence-corrected chi connectivity index (χ3v) is 6.85. The van der Waals surface area contributed by atoms with E-state index in [2.05, 4.69) is 4.72 Å². The fourth-order valence-electron chi connectivity index (χ4n) is 2.10. The molecule has 1 aromatic carbocycles. The third-order valence-electron chi connectivity index (χ3n) is 3.16. The van der Waals surface area contributed by atoms with Crippen molar-refractivity contribution in [3.8, 4) is 0 Å².